The Morgan fingerprint density at radius 2 is 1.82 bits per heavy atom. The topological polar surface area (TPSA) is 89.7 Å². The van der Waals surface area contributed by atoms with Gasteiger partial charge in [0.05, 0.1) is 0 Å². The molecule has 0 saturated carbocycles. The zero-order chi connectivity index (χ0) is 19.9. The number of hydrogen-bond donors (Lipinski definition) is 1. The largest absolute Gasteiger partial charge is 0.379 e. The molecule has 2 N–H and O–H groups in total. The van der Waals surface area contributed by atoms with Gasteiger partial charge in [-0.05, 0) is 59.6 Å². The van der Waals surface area contributed by atoms with Crippen LogP contribution in [0, 0.1) is 0 Å². The Kier molecular flexibility index (Phi) is 4.56. The molecule has 1 amide bonds. The third-order valence-corrected chi connectivity index (χ3v) is 6.31. The number of primary amides is 1. The van der Waals surface area contributed by atoms with E-state index in [1.807, 2.05) is 36.2 Å². The fourth-order valence-electron chi connectivity index (χ4n) is 3.65. The number of nitrogens with two attached hydrogens (primary N) is 1. The monoisotopic (exact) mass is 396 g/mol. The Morgan fingerprint density at radius 3 is 2.57 bits per heavy atom. The minimum Gasteiger partial charge on any atom is -0.379 e. The summed E-state index contributed by atoms with van der Waals surface area (Å²) in [7, 11) is -2.13. The van der Waals surface area contributed by atoms with Crippen LogP contribution in [0.3, 0.4) is 0 Å². The molecule has 6 nitrogen and oxygen atoms in total. The maximum absolute atomic E-state index is 12.7. The number of benzene rings is 3. The molecule has 3 aromatic carbocycles. The molecular weight excluding hydrogens is 376 g/mol. The van der Waals surface area contributed by atoms with Crippen LogP contribution in [0.1, 0.15) is 17.2 Å². The van der Waals surface area contributed by atoms with Gasteiger partial charge in [0.15, 0.2) is 0 Å². The van der Waals surface area contributed by atoms with Gasteiger partial charge >= 0.3 is 10.1 Å². The standard InChI is InChI=1S/C21H20N2O4S/c1-23-11-10-16-12-17(7-9-19(16)20(23)21(22)24)27-28(25,26)18-8-6-14-4-2-3-5-15(14)13-18/h2-9,12-13,20H,10-11H2,1H3,(H2,22,24). The zero-order valence-corrected chi connectivity index (χ0v) is 16.1. The van der Waals surface area contributed by atoms with Crippen LogP contribution in [-0.4, -0.2) is 32.8 Å². The molecule has 1 aliphatic heterocycles. The summed E-state index contributed by atoms with van der Waals surface area (Å²) in [5.41, 5.74) is 7.18. The maximum atomic E-state index is 12.7. The fourth-order valence-corrected chi connectivity index (χ4v) is 4.61. The molecule has 144 valence electrons. The normalized spacial score (nSPS) is 17.2. The van der Waals surface area contributed by atoms with E-state index in [9.17, 15) is 13.2 Å². The Balaban J connectivity index is 1.65. The lowest BCUT2D eigenvalue weighted by molar-refractivity contribution is -0.123. The van der Waals surface area contributed by atoms with E-state index >= 15 is 0 Å². The third-order valence-electron chi connectivity index (χ3n) is 5.07. The highest BCUT2D eigenvalue weighted by Gasteiger charge is 2.29. The van der Waals surface area contributed by atoms with Gasteiger partial charge in [-0.15, -0.1) is 0 Å². The summed E-state index contributed by atoms with van der Waals surface area (Å²) in [4.78, 5) is 13.8. The van der Waals surface area contributed by atoms with Crippen LogP contribution < -0.4 is 9.92 Å². The van der Waals surface area contributed by atoms with E-state index < -0.39 is 22.1 Å². The number of carbonyl (C=O) groups excluding carboxylic acids is 1. The van der Waals surface area contributed by atoms with Crippen LogP contribution in [0.4, 0.5) is 0 Å². The number of likely N-dealkylation sites (N-methyl/N-ethyl adjacent to an activating group) is 1. The molecule has 3 aromatic rings. The third kappa shape index (κ3) is 3.34. The van der Waals surface area contributed by atoms with E-state index in [4.69, 9.17) is 9.92 Å². The molecule has 0 saturated heterocycles. The van der Waals surface area contributed by atoms with Crippen molar-refractivity contribution >= 4 is 26.8 Å². The first-order valence-electron chi connectivity index (χ1n) is 8.91. The SMILES string of the molecule is CN1CCc2cc(OS(=O)(=O)c3ccc4ccccc4c3)ccc2C1C(N)=O. The molecule has 1 unspecified atom stereocenters. The van der Waals surface area contributed by atoms with Crippen LogP contribution in [-0.2, 0) is 21.3 Å². The molecule has 0 fully saturated rings. The van der Waals surface area contributed by atoms with Crippen molar-refractivity contribution < 1.29 is 17.4 Å². The minimum absolute atomic E-state index is 0.0960. The molecule has 0 aliphatic carbocycles. The van der Waals surface area contributed by atoms with E-state index in [2.05, 4.69) is 0 Å². The first-order chi connectivity index (χ1) is 13.3. The zero-order valence-electron chi connectivity index (χ0n) is 15.3. The van der Waals surface area contributed by atoms with Gasteiger partial charge in [-0.25, -0.2) is 0 Å². The van der Waals surface area contributed by atoms with Gasteiger partial charge in [-0.2, -0.15) is 8.42 Å². The fraction of sp³-hybridized carbons (Fsp3) is 0.190. The van der Waals surface area contributed by atoms with Crippen molar-refractivity contribution in [3.05, 3.63) is 71.8 Å². The summed E-state index contributed by atoms with van der Waals surface area (Å²) in [6.45, 7) is 0.654. The highest BCUT2D eigenvalue weighted by molar-refractivity contribution is 7.87. The second-order valence-electron chi connectivity index (χ2n) is 6.94. The average molecular weight is 396 g/mol. The van der Waals surface area contributed by atoms with E-state index in [1.54, 1.807) is 30.3 Å². The summed E-state index contributed by atoms with van der Waals surface area (Å²) in [6.07, 6.45) is 0.683. The van der Waals surface area contributed by atoms with Crippen LogP contribution in [0.5, 0.6) is 5.75 Å². The minimum atomic E-state index is -3.97. The summed E-state index contributed by atoms with van der Waals surface area (Å²) in [5, 5.41) is 1.78. The molecular formula is C21H20N2O4S. The van der Waals surface area contributed by atoms with Gasteiger partial charge in [0.2, 0.25) is 5.91 Å². The molecule has 4 rings (SSSR count). The van der Waals surface area contributed by atoms with Crippen molar-refractivity contribution in [2.75, 3.05) is 13.6 Å². The molecule has 1 atom stereocenters. The van der Waals surface area contributed by atoms with Gasteiger partial charge in [0.25, 0.3) is 0 Å². The van der Waals surface area contributed by atoms with Crippen LogP contribution in [0.15, 0.2) is 65.6 Å². The van der Waals surface area contributed by atoms with Crippen molar-refractivity contribution in [1.82, 2.24) is 4.90 Å². The van der Waals surface area contributed by atoms with Crippen molar-refractivity contribution in [1.29, 1.82) is 0 Å². The Hall–Kier alpha value is -2.90. The van der Waals surface area contributed by atoms with Crippen LogP contribution >= 0.6 is 0 Å². The number of nitrogens with zero attached hydrogens (tertiary/aromatic N) is 1. The summed E-state index contributed by atoms with van der Waals surface area (Å²) >= 11 is 0. The molecule has 0 spiro atoms. The molecule has 0 bridgehead atoms. The summed E-state index contributed by atoms with van der Waals surface area (Å²) in [6, 6.07) is 16.9. The number of fused-ring (bicyclic) bond motifs is 2. The molecule has 0 radical (unpaired) electrons. The highest BCUT2D eigenvalue weighted by Crippen LogP contribution is 2.32. The van der Waals surface area contributed by atoms with Gasteiger partial charge in [-0.3, -0.25) is 9.69 Å². The van der Waals surface area contributed by atoms with Crippen molar-refractivity contribution in [2.45, 2.75) is 17.4 Å². The van der Waals surface area contributed by atoms with Gasteiger partial charge < -0.3 is 9.92 Å². The predicted molar refractivity (Wildman–Crippen MR) is 106 cm³/mol. The molecule has 7 heteroatoms. The molecule has 1 heterocycles. The Bertz CT molecular complexity index is 1170. The van der Waals surface area contributed by atoms with Gasteiger partial charge in [0.1, 0.15) is 16.7 Å². The van der Waals surface area contributed by atoms with Crippen molar-refractivity contribution in [3.8, 4) is 5.75 Å². The van der Waals surface area contributed by atoms with Crippen molar-refractivity contribution in [3.63, 3.8) is 0 Å². The lowest BCUT2D eigenvalue weighted by Crippen LogP contribution is -2.40. The maximum Gasteiger partial charge on any atom is 0.339 e. The van der Waals surface area contributed by atoms with E-state index in [0.29, 0.717) is 13.0 Å². The van der Waals surface area contributed by atoms with E-state index in [-0.39, 0.29) is 10.6 Å². The highest BCUT2D eigenvalue weighted by atomic mass is 32.2. The quantitative estimate of drug-likeness (QED) is 0.685. The van der Waals surface area contributed by atoms with Gasteiger partial charge in [0, 0.05) is 6.54 Å². The lowest BCUT2D eigenvalue weighted by atomic mass is 9.92. The van der Waals surface area contributed by atoms with E-state index in [0.717, 1.165) is 21.9 Å². The number of rotatable bonds is 4. The molecule has 1 aliphatic rings. The second kappa shape index (κ2) is 6.92. The first-order valence-corrected chi connectivity index (χ1v) is 10.3. The molecule has 28 heavy (non-hydrogen) atoms. The first kappa shape index (κ1) is 18.5. The summed E-state index contributed by atoms with van der Waals surface area (Å²) in [5.74, 6) is -0.208. The van der Waals surface area contributed by atoms with Crippen LogP contribution in [0.2, 0.25) is 0 Å². The summed E-state index contributed by atoms with van der Waals surface area (Å²) < 4.78 is 30.8. The average Bonchev–Trinajstić information content (AvgIpc) is 2.67. The van der Waals surface area contributed by atoms with Gasteiger partial charge in [-0.1, -0.05) is 36.4 Å². The molecule has 0 aromatic heterocycles. The lowest BCUT2D eigenvalue weighted by Gasteiger charge is -2.32. The van der Waals surface area contributed by atoms with Crippen LogP contribution in [0.25, 0.3) is 10.8 Å². The number of carbonyl (C=O) groups is 1. The predicted octanol–water partition coefficient (Wildman–Crippen LogP) is 2.62. The number of hydrogen-bond acceptors (Lipinski definition) is 5. The Labute approximate surface area is 163 Å². The smallest absolute Gasteiger partial charge is 0.339 e. The second-order valence-corrected chi connectivity index (χ2v) is 8.49. The Morgan fingerprint density at radius 1 is 1.07 bits per heavy atom. The van der Waals surface area contributed by atoms with E-state index in [1.165, 1.54) is 6.07 Å². The van der Waals surface area contributed by atoms with Crippen molar-refractivity contribution in [2.24, 2.45) is 5.73 Å². The number of amides is 1.